The van der Waals surface area contributed by atoms with Gasteiger partial charge in [-0.05, 0) is 39.3 Å². The number of amides is 2. The van der Waals surface area contributed by atoms with E-state index in [4.69, 9.17) is 10.5 Å². The van der Waals surface area contributed by atoms with Gasteiger partial charge in [0.2, 0.25) is 5.91 Å². The molecule has 1 aliphatic rings. The van der Waals surface area contributed by atoms with Crippen LogP contribution in [0.25, 0.3) is 10.9 Å². The highest BCUT2D eigenvalue weighted by Crippen LogP contribution is 2.23. The van der Waals surface area contributed by atoms with E-state index in [-0.39, 0.29) is 11.9 Å². The summed E-state index contributed by atoms with van der Waals surface area (Å²) in [5.41, 5.74) is 6.78. The van der Waals surface area contributed by atoms with Gasteiger partial charge in [-0.1, -0.05) is 18.2 Å². The quantitative estimate of drug-likeness (QED) is 0.862. The van der Waals surface area contributed by atoms with Crippen LogP contribution in [0.1, 0.15) is 27.2 Å². The molecule has 2 aromatic rings. The van der Waals surface area contributed by atoms with Crippen LogP contribution in [-0.4, -0.2) is 46.1 Å². The molecule has 1 aliphatic heterocycles. The van der Waals surface area contributed by atoms with Gasteiger partial charge in [-0.2, -0.15) is 0 Å². The first-order valence-electron chi connectivity index (χ1n) is 8.64. The molecule has 7 nitrogen and oxygen atoms in total. The predicted octanol–water partition coefficient (Wildman–Crippen LogP) is 2.51. The summed E-state index contributed by atoms with van der Waals surface area (Å²) in [6.07, 6.45) is 1.47. The highest BCUT2D eigenvalue weighted by molar-refractivity contribution is 5.98. The zero-order valence-electron chi connectivity index (χ0n) is 15.2. The lowest BCUT2D eigenvalue weighted by atomic mass is 10.1. The maximum atomic E-state index is 12.7. The number of fused-ring (bicyclic) bond motifs is 1. The van der Waals surface area contributed by atoms with Crippen LogP contribution in [0.4, 0.5) is 10.5 Å². The molecule has 0 bridgehead atoms. The number of carbonyl (C=O) groups excluding carboxylic acids is 2. The van der Waals surface area contributed by atoms with Crippen molar-refractivity contribution in [3.05, 3.63) is 36.5 Å². The third kappa shape index (κ3) is 4.11. The molecule has 1 aromatic carbocycles. The van der Waals surface area contributed by atoms with Gasteiger partial charge in [-0.25, -0.2) is 4.79 Å². The van der Waals surface area contributed by atoms with Crippen molar-refractivity contribution in [2.24, 2.45) is 5.73 Å². The largest absolute Gasteiger partial charge is 0.444 e. The number of nitrogens with one attached hydrogen (secondary N) is 1. The average Bonchev–Trinajstić information content (AvgIpc) is 2.95. The number of hydrogen-bond acceptors (Lipinski definition) is 5. The number of para-hydroxylation sites is 1. The zero-order valence-corrected chi connectivity index (χ0v) is 15.2. The van der Waals surface area contributed by atoms with Crippen molar-refractivity contribution in [2.75, 3.05) is 11.9 Å². The Balaban J connectivity index is 1.75. The second-order valence-electron chi connectivity index (χ2n) is 7.55. The first kappa shape index (κ1) is 18.1. The number of likely N-dealkylation sites (tertiary alicyclic amines) is 1. The minimum absolute atomic E-state index is 0.256. The lowest BCUT2D eigenvalue weighted by molar-refractivity contribution is -0.120. The molecule has 7 heteroatoms. The number of carbonyl (C=O) groups is 2. The van der Waals surface area contributed by atoms with E-state index in [1.54, 1.807) is 27.0 Å². The molecular weight excluding hydrogens is 332 g/mol. The second kappa shape index (κ2) is 6.92. The topological polar surface area (TPSA) is 97.5 Å². The number of nitrogens with two attached hydrogens (primary N) is 1. The Kier molecular flexibility index (Phi) is 4.82. The molecule has 3 N–H and O–H groups in total. The number of hydrogen-bond donors (Lipinski definition) is 2. The van der Waals surface area contributed by atoms with Gasteiger partial charge in [-0.15, -0.1) is 0 Å². The third-order valence-corrected chi connectivity index (χ3v) is 4.12. The van der Waals surface area contributed by atoms with Gasteiger partial charge in [-0.3, -0.25) is 14.7 Å². The molecule has 1 saturated heterocycles. The summed E-state index contributed by atoms with van der Waals surface area (Å²) in [5, 5.41) is 3.77. The molecule has 0 spiro atoms. The Labute approximate surface area is 152 Å². The van der Waals surface area contributed by atoms with Crippen LogP contribution in [0.3, 0.4) is 0 Å². The highest BCUT2D eigenvalue weighted by Gasteiger charge is 2.40. The van der Waals surface area contributed by atoms with Crippen molar-refractivity contribution in [1.29, 1.82) is 0 Å². The number of anilines is 1. The summed E-state index contributed by atoms with van der Waals surface area (Å²) in [7, 11) is 0. The van der Waals surface area contributed by atoms with Crippen LogP contribution in [0.2, 0.25) is 0 Å². The van der Waals surface area contributed by atoms with Gasteiger partial charge < -0.3 is 15.8 Å². The van der Waals surface area contributed by atoms with Crippen LogP contribution >= 0.6 is 0 Å². The SMILES string of the molecule is CC(C)(C)OC(=O)N1CC(N)C[C@H]1C(=O)Nc1cnc2ccccc2c1. The van der Waals surface area contributed by atoms with Gasteiger partial charge >= 0.3 is 6.09 Å². The van der Waals surface area contributed by atoms with Crippen LogP contribution in [-0.2, 0) is 9.53 Å². The summed E-state index contributed by atoms with van der Waals surface area (Å²) in [5.74, 6) is -0.291. The maximum Gasteiger partial charge on any atom is 0.411 e. The Morgan fingerprint density at radius 1 is 1.31 bits per heavy atom. The number of rotatable bonds is 2. The van der Waals surface area contributed by atoms with Crippen LogP contribution in [0.5, 0.6) is 0 Å². The number of benzene rings is 1. The minimum atomic E-state index is -0.661. The summed E-state index contributed by atoms with van der Waals surface area (Å²) in [6, 6.07) is 8.59. The molecule has 0 saturated carbocycles. The standard InChI is InChI=1S/C19H24N4O3/c1-19(2,3)26-18(25)23-11-13(20)9-16(23)17(24)22-14-8-12-6-4-5-7-15(12)21-10-14/h4-8,10,13,16H,9,11,20H2,1-3H3,(H,22,24)/t13?,16-/m0/s1. The van der Waals surface area contributed by atoms with Gasteiger partial charge in [0.1, 0.15) is 11.6 Å². The van der Waals surface area contributed by atoms with Gasteiger partial charge in [0.25, 0.3) is 0 Å². The first-order chi connectivity index (χ1) is 12.2. The van der Waals surface area contributed by atoms with Crippen LogP contribution in [0, 0.1) is 0 Å². The number of aromatic nitrogens is 1. The molecule has 138 valence electrons. The Hall–Kier alpha value is -2.67. The smallest absolute Gasteiger partial charge is 0.411 e. The van der Waals surface area contributed by atoms with E-state index in [1.165, 1.54) is 4.90 Å². The molecule has 1 fully saturated rings. The Morgan fingerprint density at radius 3 is 2.77 bits per heavy atom. The molecule has 2 atom stereocenters. The van der Waals surface area contributed by atoms with E-state index in [0.717, 1.165) is 10.9 Å². The van der Waals surface area contributed by atoms with E-state index in [9.17, 15) is 9.59 Å². The van der Waals surface area contributed by atoms with Crippen LogP contribution < -0.4 is 11.1 Å². The van der Waals surface area contributed by atoms with Crippen molar-refractivity contribution >= 4 is 28.6 Å². The minimum Gasteiger partial charge on any atom is -0.444 e. The molecule has 2 heterocycles. The van der Waals surface area contributed by atoms with E-state index < -0.39 is 17.7 Å². The summed E-state index contributed by atoms with van der Waals surface area (Å²) in [6.45, 7) is 5.66. The maximum absolute atomic E-state index is 12.7. The van der Waals surface area contributed by atoms with Gasteiger partial charge in [0, 0.05) is 18.0 Å². The molecule has 0 aliphatic carbocycles. The molecule has 2 amide bonds. The van der Waals surface area contributed by atoms with Crippen molar-refractivity contribution < 1.29 is 14.3 Å². The van der Waals surface area contributed by atoms with E-state index >= 15 is 0 Å². The van der Waals surface area contributed by atoms with E-state index in [0.29, 0.717) is 18.7 Å². The molecule has 1 unspecified atom stereocenters. The lowest BCUT2D eigenvalue weighted by Crippen LogP contribution is -2.45. The third-order valence-electron chi connectivity index (χ3n) is 4.12. The van der Waals surface area contributed by atoms with E-state index in [1.807, 2.05) is 30.3 Å². The fraction of sp³-hybridized carbons (Fsp3) is 0.421. The molecule has 26 heavy (non-hydrogen) atoms. The fourth-order valence-corrected chi connectivity index (χ4v) is 3.00. The number of nitrogens with zero attached hydrogens (tertiary/aromatic N) is 2. The van der Waals surface area contributed by atoms with Crippen molar-refractivity contribution in [3.8, 4) is 0 Å². The zero-order chi connectivity index (χ0) is 18.9. The van der Waals surface area contributed by atoms with E-state index in [2.05, 4.69) is 10.3 Å². The van der Waals surface area contributed by atoms with Gasteiger partial charge in [0.15, 0.2) is 0 Å². The summed E-state index contributed by atoms with van der Waals surface area (Å²) in [4.78, 5) is 30.9. The summed E-state index contributed by atoms with van der Waals surface area (Å²) >= 11 is 0. The molecule has 0 radical (unpaired) electrons. The Bertz CT molecular complexity index is 831. The average molecular weight is 356 g/mol. The summed E-state index contributed by atoms with van der Waals surface area (Å²) < 4.78 is 5.40. The van der Waals surface area contributed by atoms with Gasteiger partial charge in [0.05, 0.1) is 17.4 Å². The fourth-order valence-electron chi connectivity index (χ4n) is 3.00. The monoisotopic (exact) mass is 356 g/mol. The normalized spacial score (nSPS) is 20.2. The van der Waals surface area contributed by atoms with Crippen molar-refractivity contribution in [3.63, 3.8) is 0 Å². The molecular formula is C19H24N4O3. The molecule has 1 aromatic heterocycles. The highest BCUT2D eigenvalue weighted by atomic mass is 16.6. The molecule has 3 rings (SSSR count). The number of pyridine rings is 1. The van der Waals surface area contributed by atoms with Crippen molar-refractivity contribution in [2.45, 2.75) is 44.9 Å². The number of ether oxygens (including phenoxy) is 1. The Morgan fingerprint density at radius 2 is 2.04 bits per heavy atom. The van der Waals surface area contributed by atoms with Crippen LogP contribution in [0.15, 0.2) is 36.5 Å². The predicted molar refractivity (Wildman–Crippen MR) is 99.7 cm³/mol. The first-order valence-corrected chi connectivity index (χ1v) is 8.64. The lowest BCUT2D eigenvalue weighted by Gasteiger charge is -2.27. The second-order valence-corrected chi connectivity index (χ2v) is 7.55. The van der Waals surface area contributed by atoms with Crippen molar-refractivity contribution in [1.82, 2.24) is 9.88 Å².